The second kappa shape index (κ2) is 5.99. The Bertz CT molecular complexity index is 302. The van der Waals surface area contributed by atoms with Gasteiger partial charge in [0.1, 0.15) is 12.2 Å². The molecule has 0 radical (unpaired) electrons. The summed E-state index contributed by atoms with van der Waals surface area (Å²) < 4.78 is 2.08. The van der Waals surface area contributed by atoms with Gasteiger partial charge in [-0.25, -0.2) is 9.67 Å². The fraction of sp³-hybridized carbons (Fsp3) is 0.833. The highest BCUT2D eigenvalue weighted by Gasteiger charge is 2.17. The first kappa shape index (κ1) is 11.6. The first-order valence-corrected chi connectivity index (χ1v) is 6.47. The summed E-state index contributed by atoms with van der Waals surface area (Å²) in [6.07, 6.45) is 8.35. The monoisotopic (exact) mass is 222 g/mol. The van der Waals surface area contributed by atoms with Crippen molar-refractivity contribution in [1.29, 1.82) is 0 Å². The largest absolute Gasteiger partial charge is 0.310 e. The molecule has 1 heterocycles. The molecular formula is C12H22N4. The van der Waals surface area contributed by atoms with Gasteiger partial charge >= 0.3 is 0 Å². The Morgan fingerprint density at radius 2 is 2.25 bits per heavy atom. The highest BCUT2D eigenvalue weighted by Crippen LogP contribution is 2.26. The van der Waals surface area contributed by atoms with Crippen LogP contribution in [0.4, 0.5) is 0 Å². The molecule has 4 heteroatoms. The van der Waals surface area contributed by atoms with Crippen LogP contribution in [0.25, 0.3) is 0 Å². The molecule has 0 aliphatic heterocycles. The van der Waals surface area contributed by atoms with Gasteiger partial charge in [-0.2, -0.15) is 5.10 Å². The number of aromatic nitrogens is 3. The Morgan fingerprint density at radius 3 is 3.00 bits per heavy atom. The van der Waals surface area contributed by atoms with Crippen LogP contribution in [0.2, 0.25) is 0 Å². The first-order valence-electron chi connectivity index (χ1n) is 6.47. The van der Waals surface area contributed by atoms with Crippen LogP contribution in [0.3, 0.4) is 0 Å². The van der Waals surface area contributed by atoms with Crippen molar-refractivity contribution < 1.29 is 0 Å². The van der Waals surface area contributed by atoms with Gasteiger partial charge in [0, 0.05) is 6.54 Å². The van der Waals surface area contributed by atoms with Gasteiger partial charge in [0.15, 0.2) is 0 Å². The number of nitrogens with one attached hydrogen (secondary N) is 1. The lowest BCUT2D eigenvalue weighted by Crippen LogP contribution is -2.20. The van der Waals surface area contributed by atoms with Crippen molar-refractivity contribution in [3.63, 3.8) is 0 Å². The van der Waals surface area contributed by atoms with Gasteiger partial charge in [0.2, 0.25) is 0 Å². The molecule has 0 bridgehead atoms. The Kier molecular flexibility index (Phi) is 4.34. The smallest absolute Gasteiger partial charge is 0.140 e. The van der Waals surface area contributed by atoms with Crippen LogP contribution in [-0.2, 0) is 13.1 Å². The molecule has 1 aliphatic rings. The molecule has 0 unspecified atom stereocenters. The minimum absolute atomic E-state index is 0.826. The molecule has 0 atom stereocenters. The zero-order valence-electron chi connectivity index (χ0n) is 10.2. The van der Waals surface area contributed by atoms with E-state index in [-0.39, 0.29) is 0 Å². The van der Waals surface area contributed by atoms with Gasteiger partial charge in [-0.05, 0) is 31.7 Å². The molecule has 0 aromatic carbocycles. The topological polar surface area (TPSA) is 42.7 Å². The van der Waals surface area contributed by atoms with Gasteiger partial charge < -0.3 is 5.32 Å². The highest BCUT2D eigenvalue weighted by atomic mass is 15.3. The zero-order valence-corrected chi connectivity index (χ0v) is 10.2. The van der Waals surface area contributed by atoms with Crippen LogP contribution >= 0.6 is 0 Å². The van der Waals surface area contributed by atoms with E-state index in [1.54, 1.807) is 6.33 Å². The van der Waals surface area contributed by atoms with E-state index >= 15 is 0 Å². The minimum atomic E-state index is 0.826. The van der Waals surface area contributed by atoms with Crippen molar-refractivity contribution in [2.24, 2.45) is 5.92 Å². The van der Waals surface area contributed by atoms with E-state index < -0.39 is 0 Å². The fourth-order valence-electron chi connectivity index (χ4n) is 2.39. The lowest BCUT2D eigenvalue weighted by atomic mass is 10.1. The van der Waals surface area contributed by atoms with Gasteiger partial charge in [-0.1, -0.05) is 19.8 Å². The van der Waals surface area contributed by atoms with Crippen molar-refractivity contribution in [2.45, 2.75) is 52.1 Å². The molecule has 0 saturated heterocycles. The first-order chi connectivity index (χ1) is 7.90. The van der Waals surface area contributed by atoms with Gasteiger partial charge in [0.25, 0.3) is 0 Å². The molecule has 90 valence electrons. The summed E-state index contributed by atoms with van der Waals surface area (Å²) in [5.41, 5.74) is 0. The van der Waals surface area contributed by atoms with Crippen LogP contribution in [0, 0.1) is 5.92 Å². The summed E-state index contributed by atoms with van der Waals surface area (Å²) >= 11 is 0. The quantitative estimate of drug-likeness (QED) is 0.748. The minimum Gasteiger partial charge on any atom is -0.310 e. The number of hydrogen-bond donors (Lipinski definition) is 1. The fourth-order valence-corrected chi connectivity index (χ4v) is 2.39. The Morgan fingerprint density at radius 1 is 1.44 bits per heavy atom. The van der Waals surface area contributed by atoms with E-state index in [4.69, 9.17) is 0 Å². The van der Waals surface area contributed by atoms with E-state index in [9.17, 15) is 0 Å². The van der Waals surface area contributed by atoms with Crippen LogP contribution < -0.4 is 5.32 Å². The van der Waals surface area contributed by atoms with E-state index in [2.05, 4.69) is 27.0 Å². The van der Waals surface area contributed by atoms with Crippen molar-refractivity contribution in [3.8, 4) is 0 Å². The van der Waals surface area contributed by atoms with Crippen LogP contribution in [0.5, 0.6) is 0 Å². The second-order valence-corrected chi connectivity index (χ2v) is 4.69. The lowest BCUT2D eigenvalue weighted by Gasteiger charge is -2.11. The van der Waals surface area contributed by atoms with Gasteiger partial charge in [-0.15, -0.1) is 0 Å². The molecule has 0 spiro atoms. The van der Waals surface area contributed by atoms with Crippen LogP contribution in [0.1, 0.15) is 44.9 Å². The van der Waals surface area contributed by atoms with Gasteiger partial charge in [-0.3, -0.25) is 0 Å². The molecule has 1 aromatic rings. The van der Waals surface area contributed by atoms with Crippen LogP contribution in [-0.4, -0.2) is 21.3 Å². The summed E-state index contributed by atoms with van der Waals surface area (Å²) in [6.45, 7) is 5.14. The Hall–Kier alpha value is -0.900. The highest BCUT2D eigenvalue weighted by molar-refractivity contribution is 4.85. The maximum atomic E-state index is 4.32. The summed E-state index contributed by atoms with van der Waals surface area (Å²) in [5.74, 6) is 1.91. The molecule has 1 saturated carbocycles. The van der Waals surface area contributed by atoms with Crippen molar-refractivity contribution >= 4 is 0 Å². The average molecular weight is 222 g/mol. The van der Waals surface area contributed by atoms with E-state index in [0.717, 1.165) is 37.8 Å². The predicted octanol–water partition coefficient (Wildman–Crippen LogP) is 1.97. The Balaban J connectivity index is 1.85. The SMILES string of the molecule is CCCNCc1ncnn1CC1CCCC1. The number of nitrogens with zero attached hydrogens (tertiary/aromatic N) is 3. The third kappa shape index (κ3) is 3.04. The maximum Gasteiger partial charge on any atom is 0.140 e. The molecule has 0 amide bonds. The van der Waals surface area contributed by atoms with Gasteiger partial charge in [0.05, 0.1) is 6.54 Å². The third-order valence-corrected chi connectivity index (χ3v) is 3.31. The summed E-state index contributed by atoms with van der Waals surface area (Å²) in [6, 6.07) is 0. The van der Waals surface area contributed by atoms with Crippen LogP contribution in [0.15, 0.2) is 6.33 Å². The summed E-state index contributed by atoms with van der Waals surface area (Å²) in [5, 5.41) is 7.70. The Labute approximate surface area is 97.5 Å². The molecule has 16 heavy (non-hydrogen) atoms. The second-order valence-electron chi connectivity index (χ2n) is 4.69. The summed E-state index contributed by atoms with van der Waals surface area (Å²) in [7, 11) is 0. The molecular weight excluding hydrogens is 200 g/mol. The van der Waals surface area contributed by atoms with E-state index in [0.29, 0.717) is 0 Å². The van der Waals surface area contributed by atoms with Crippen molar-refractivity contribution in [3.05, 3.63) is 12.2 Å². The summed E-state index contributed by atoms with van der Waals surface area (Å²) in [4.78, 5) is 4.32. The predicted molar refractivity (Wildman–Crippen MR) is 64.0 cm³/mol. The molecule has 1 aliphatic carbocycles. The van der Waals surface area contributed by atoms with E-state index in [1.165, 1.54) is 25.7 Å². The average Bonchev–Trinajstić information content (AvgIpc) is 2.92. The lowest BCUT2D eigenvalue weighted by molar-refractivity contribution is 0.412. The van der Waals surface area contributed by atoms with Crippen molar-refractivity contribution in [2.75, 3.05) is 6.54 Å². The maximum absolute atomic E-state index is 4.32. The zero-order chi connectivity index (χ0) is 11.2. The molecule has 1 N–H and O–H groups in total. The molecule has 1 fully saturated rings. The van der Waals surface area contributed by atoms with Crippen molar-refractivity contribution in [1.82, 2.24) is 20.1 Å². The number of hydrogen-bond acceptors (Lipinski definition) is 3. The standard InChI is InChI=1S/C12H22N4/c1-2-7-13-8-12-14-10-15-16(12)9-11-5-3-4-6-11/h10-11,13H,2-9H2,1H3. The molecule has 4 nitrogen and oxygen atoms in total. The van der Waals surface area contributed by atoms with E-state index in [1.807, 2.05) is 0 Å². The number of rotatable bonds is 6. The third-order valence-electron chi connectivity index (χ3n) is 3.31. The molecule has 1 aromatic heterocycles. The molecule has 2 rings (SSSR count). The normalized spacial score (nSPS) is 17.1.